The molecule has 2 N–H and O–H groups in total. The maximum atomic E-state index is 12.4. The number of nitrogens with two attached hydrogens (primary N) is 1. The zero-order chi connectivity index (χ0) is 15.6. The van der Waals surface area contributed by atoms with Crippen LogP contribution < -0.4 is 5.73 Å². The summed E-state index contributed by atoms with van der Waals surface area (Å²) >= 11 is 8.97. The topological polar surface area (TPSA) is 86.2 Å². The molecule has 0 radical (unpaired) electrons. The van der Waals surface area contributed by atoms with Crippen LogP contribution in [0, 0.1) is 10.1 Å². The molecule has 0 aromatic heterocycles. The van der Waals surface area contributed by atoms with Crippen LogP contribution in [0.15, 0.2) is 45.8 Å². The highest BCUT2D eigenvalue weighted by molar-refractivity contribution is 9.10. The largest absolute Gasteiger partial charge is 0.398 e. The summed E-state index contributed by atoms with van der Waals surface area (Å²) in [7, 11) is -1.49. The number of anilines is 1. The molecule has 0 aliphatic carbocycles. The monoisotopic (exact) mass is 388 g/mol. The number of nitrogen functional groups attached to an aromatic ring is 1. The summed E-state index contributed by atoms with van der Waals surface area (Å²) in [5.41, 5.74) is 6.39. The number of halogens is 2. The third-order valence-electron chi connectivity index (χ3n) is 2.75. The highest BCUT2D eigenvalue weighted by Gasteiger charge is 2.18. The second-order valence-electron chi connectivity index (χ2n) is 4.20. The lowest BCUT2D eigenvalue weighted by Gasteiger charge is -2.07. The average molecular weight is 390 g/mol. The summed E-state index contributed by atoms with van der Waals surface area (Å²) in [6, 6.07) is 9.29. The van der Waals surface area contributed by atoms with Crippen molar-refractivity contribution in [1.82, 2.24) is 0 Å². The van der Waals surface area contributed by atoms with Crippen molar-refractivity contribution in [3.05, 3.63) is 61.6 Å². The number of nitrogens with zero attached hydrogens (tertiary/aromatic N) is 1. The predicted octanol–water partition coefficient (Wildman–Crippen LogP) is 3.90. The Balaban J connectivity index is 2.34. The maximum Gasteiger partial charge on any atom is 0.274 e. The highest BCUT2D eigenvalue weighted by Crippen LogP contribution is 2.28. The van der Waals surface area contributed by atoms with Crippen LogP contribution in [-0.2, 0) is 16.6 Å². The van der Waals surface area contributed by atoms with E-state index in [0.717, 1.165) is 0 Å². The van der Waals surface area contributed by atoms with E-state index in [-0.39, 0.29) is 11.4 Å². The first-order valence-corrected chi connectivity index (χ1v) is 8.23. The minimum Gasteiger partial charge on any atom is -0.398 e. The summed E-state index contributed by atoms with van der Waals surface area (Å²) in [4.78, 5) is 11.0. The molecule has 1 atom stereocenters. The van der Waals surface area contributed by atoms with E-state index in [4.69, 9.17) is 17.3 Å². The normalized spacial score (nSPS) is 12.1. The number of hydrogen-bond donors (Lipinski definition) is 1. The van der Waals surface area contributed by atoms with Gasteiger partial charge in [-0.2, -0.15) is 0 Å². The number of nitro groups is 1. The summed E-state index contributed by atoms with van der Waals surface area (Å²) in [5, 5.41) is 11.5. The molecule has 0 heterocycles. The molecule has 0 fully saturated rings. The second kappa shape index (κ2) is 6.55. The molecule has 5 nitrogen and oxygen atoms in total. The molecule has 0 saturated carbocycles. The molecule has 0 aliphatic heterocycles. The van der Waals surface area contributed by atoms with Gasteiger partial charge in [-0.1, -0.05) is 33.6 Å². The zero-order valence-electron chi connectivity index (χ0n) is 10.6. The Morgan fingerprint density at radius 2 is 2.00 bits per heavy atom. The van der Waals surface area contributed by atoms with Gasteiger partial charge in [0.2, 0.25) is 0 Å². The van der Waals surface area contributed by atoms with E-state index in [2.05, 4.69) is 15.9 Å². The summed E-state index contributed by atoms with van der Waals surface area (Å²) in [5.74, 6) is 0.00935. The standard InChI is InChI=1S/C13H10BrClN2O3S/c14-9-2-1-8(12(5-9)17(18)19)7-21(20)13-4-3-10(15)6-11(13)16/h1-6H,7,16H2. The molecule has 0 bridgehead atoms. The van der Waals surface area contributed by atoms with Gasteiger partial charge in [-0.05, 0) is 24.3 Å². The smallest absolute Gasteiger partial charge is 0.274 e. The molecular formula is C13H10BrClN2O3S. The van der Waals surface area contributed by atoms with E-state index in [9.17, 15) is 14.3 Å². The van der Waals surface area contributed by atoms with E-state index in [1.54, 1.807) is 24.3 Å². The molecule has 21 heavy (non-hydrogen) atoms. The van der Waals surface area contributed by atoms with Gasteiger partial charge in [0.1, 0.15) is 0 Å². The van der Waals surface area contributed by atoms with Crippen LogP contribution in [0.1, 0.15) is 5.56 Å². The van der Waals surface area contributed by atoms with Gasteiger partial charge in [0.15, 0.2) is 0 Å². The Morgan fingerprint density at radius 3 is 2.62 bits per heavy atom. The van der Waals surface area contributed by atoms with Crippen molar-refractivity contribution < 1.29 is 9.13 Å². The van der Waals surface area contributed by atoms with Crippen molar-refractivity contribution >= 4 is 49.7 Å². The highest BCUT2D eigenvalue weighted by atomic mass is 79.9. The van der Waals surface area contributed by atoms with Crippen LogP contribution in [0.25, 0.3) is 0 Å². The molecule has 0 saturated heterocycles. The Morgan fingerprint density at radius 1 is 1.29 bits per heavy atom. The molecule has 8 heteroatoms. The lowest BCUT2D eigenvalue weighted by atomic mass is 10.2. The fourth-order valence-electron chi connectivity index (χ4n) is 1.77. The van der Waals surface area contributed by atoms with Crippen LogP contribution >= 0.6 is 27.5 Å². The van der Waals surface area contributed by atoms with Gasteiger partial charge in [0.05, 0.1) is 26.4 Å². The van der Waals surface area contributed by atoms with Crippen molar-refractivity contribution in [3.63, 3.8) is 0 Å². The van der Waals surface area contributed by atoms with Crippen molar-refractivity contribution in [2.24, 2.45) is 0 Å². The quantitative estimate of drug-likeness (QED) is 0.488. The van der Waals surface area contributed by atoms with Crippen LogP contribution in [0.3, 0.4) is 0 Å². The SMILES string of the molecule is Nc1cc(Cl)ccc1S(=O)Cc1ccc(Br)cc1[N+](=O)[O-]. The Kier molecular flexibility index (Phi) is 4.97. The van der Waals surface area contributed by atoms with Gasteiger partial charge in [-0.3, -0.25) is 14.3 Å². The van der Waals surface area contributed by atoms with Crippen LogP contribution in [0.5, 0.6) is 0 Å². The molecule has 0 amide bonds. The van der Waals surface area contributed by atoms with Gasteiger partial charge in [0, 0.05) is 26.8 Å². The summed E-state index contributed by atoms with van der Waals surface area (Å²) < 4.78 is 13.0. The second-order valence-corrected chi connectivity index (χ2v) is 6.97. The summed E-state index contributed by atoms with van der Waals surface area (Å²) in [6.07, 6.45) is 0. The van der Waals surface area contributed by atoms with Crippen molar-refractivity contribution in [2.45, 2.75) is 10.6 Å². The third kappa shape index (κ3) is 3.81. The zero-order valence-corrected chi connectivity index (χ0v) is 13.7. The minimum atomic E-state index is -1.49. The first-order valence-electron chi connectivity index (χ1n) is 5.74. The molecule has 2 aromatic rings. The van der Waals surface area contributed by atoms with E-state index < -0.39 is 15.7 Å². The Bertz CT molecular complexity index is 739. The summed E-state index contributed by atoms with van der Waals surface area (Å²) in [6.45, 7) is 0. The van der Waals surface area contributed by atoms with Crippen LogP contribution in [0.2, 0.25) is 5.02 Å². The lowest BCUT2D eigenvalue weighted by molar-refractivity contribution is -0.385. The number of hydrogen-bond acceptors (Lipinski definition) is 4. The van der Waals surface area contributed by atoms with Gasteiger partial charge in [-0.15, -0.1) is 0 Å². The first kappa shape index (κ1) is 15.9. The van der Waals surface area contributed by atoms with E-state index >= 15 is 0 Å². The van der Waals surface area contributed by atoms with Crippen molar-refractivity contribution in [1.29, 1.82) is 0 Å². The van der Waals surface area contributed by atoms with Crippen molar-refractivity contribution in [3.8, 4) is 0 Å². The number of nitro benzene ring substituents is 1. The molecule has 110 valence electrons. The van der Waals surface area contributed by atoms with Crippen LogP contribution in [0.4, 0.5) is 11.4 Å². The molecule has 2 rings (SSSR count). The van der Waals surface area contributed by atoms with E-state index in [0.29, 0.717) is 25.6 Å². The average Bonchev–Trinajstić information content (AvgIpc) is 2.40. The Hall–Kier alpha value is -1.44. The molecule has 1 unspecified atom stereocenters. The van der Waals surface area contributed by atoms with Crippen molar-refractivity contribution in [2.75, 3.05) is 5.73 Å². The maximum absolute atomic E-state index is 12.4. The number of benzene rings is 2. The number of rotatable bonds is 4. The third-order valence-corrected chi connectivity index (χ3v) is 4.91. The molecule has 2 aromatic carbocycles. The van der Waals surface area contributed by atoms with E-state index in [1.807, 2.05) is 0 Å². The fraction of sp³-hybridized carbons (Fsp3) is 0.0769. The van der Waals surface area contributed by atoms with Gasteiger partial charge in [0.25, 0.3) is 5.69 Å². The van der Waals surface area contributed by atoms with Gasteiger partial charge in [-0.25, -0.2) is 0 Å². The fourth-order valence-corrected chi connectivity index (χ4v) is 3.53. The van der Waals surface area contributed by atoms with E-state index in [1.165, 1.54) is 12.1 Å². The lowest BCUT2D eigenvalue weighted by Crippen LogP contribution is -2.03. The molecule has 0 aliphatic rings. The Labute approximate surface area is 136 Å². The van der Waals surface area contributed by atoms with Gasteiger partial charge < -0.3 is 5.73 Å². The first-order chi connectivity index (χ1) is 9.88. The molecule has 0 spiro atoms. The molecular weight excluding hydrogens is 380 g/mol. The predicted molar refractivity (Wildman–Crippen MR) is 86.8 cm³/mol. The van der Waals surface area contributed by atoms with Crippen LogP contribution in [-0.4, -0.2) is 9.13 Å². The minimum absolute atomic E-state index is 0.00935. The van der Waals surface area contributed by atoms with Gasteiger partial charge >= 0.3 is 0 Å².